The monoisotopic (exact) mass is 458 g/mol. The second-order valence-electron chi connectivity index (χ2n) is 5.94. The van der Waals surface area contributed by atoms with Crippen LogP contribution in [-0.2, 0) is 4.74 Å². The predicted octanol–water partition coefficient (Wildman–Crippen LogP) is 5.24. The zero-order valence-corrected chi connectivity index (χ0v) is 17.0. The number of carbonyl (C=O) groups is 1. The molecule has 0 aliphatic rings. The maximum Gasteiger partial charge on any atom is 0.337 e. The normalized spacial score (nSPS) is 11.1. The molecule has 3 aromatic rings. The SMILES string of the molecule is COC(=O)c1cccc(N=Cc2cc(C)n(-c3ccc(I)cc3)c2C)c1. The third kappa shape index (κ3) is 3.88. The van der Waals surface area contributed by atoms with Crippen molar-refractivity contribution in [2.45, 2.75) is 13.8 Å². The van der Waals surface area contributed by atoms with E-state index in [4.69, 9.17) is 4.74 Å². The van der Waals surface area contributed by atoms with E-state index in [9.17, 15) is 4.79 Å². The number of methoxy groups -OCH3 is 1. The average molecular weight is 458 g/mol. The molecule has 0 unspecified atom stereocenters. The van der Waals surface area contributed by atoms with E-state index in [-0.39, 0.29) is 5.97 Å². The molecule has 0 amide bonds. The largest absolute Gasteiger partial charge is 0.465 e. The molecule has 1 heterocycles. The number of hydrogen-bond donors (Lipinski definition) is 0. The number of halogens is 1. The first-order valence-corrected chi connectivity index (χ1v) is 9.25. The summed E-state index contributed by atoms with van der Waals surface area (Å²) in [6, 6.07) is 17.6. The van der Waals surface area contributed by atoms with Crippen LogP contribution in [0.15, 0.2) is 59.6 Å². The van der Waals surface area contributed by atoms with Gasteiger partial charge in [0, 0.05) is 32.4 Å². The molecule has 0 aliphatic carbocycles. The number of ether oxygens (including phenoxy) is 1. The van der Waals surface area contributed by atoms with Crippen molar-refractivity contribution in [1.29, 1.82) is 0 Å². The molecule has 132 valence electrons. The molecule has 0 radical (unpaired) electrons. The van der Waals surface area contributed by atoms with Crippen molar-refractivity contribution in [3.63, 3.8) is 0 Å². The van der Waals surface area contributed by atoms with Crippen molar-refractivity contribution >= 4 is 40.5 Å². The van der Waals surface area contributed by atoms with E-state index in [0.717, 1.165) is 22.6 Å². The fraction of sp³-hybridized carbons (Fsp3) is 0.143. The van der Waals surface area contributed by atoms with Gasteiger partial charge in [0.25, 0.3) is 0 Å². The summed E-state index contributed by atoms with van der Waals surface area (Å²) < 4.78 is 8.17. The molecule has 2 aromatic carbocycles. The zero-order chi connectivity index (χ0) is 18.7. The summed E-state index contributed by atoms with van der Waals surface area (Å²) >= 11 is 2.30. The number of rotatable bonds is 4. The van der Waals surface area contributed by atoms with Gasteiger partial charge in [-0.05, 0) is 85.0 Å². The van der Waals surface area contributed by atoms with E-state index in [1.165, 1.54) is 10.7 Å². The van der Waals surface area contributed by atoms with Crippen LogP contribution in [0.2, 0.25) is 0 Å². The Kier molecular flexibility index (Phi) is 5.56. The number of benzene rings is 2. The first-order valence-electron chi connectivity index (χ1n) is 8.17. The van der Waals surface area contributed by atoms with Gasteiger partial charge >= 0.3 is 5.97 Å². The lowest BCUT2D eigenvalue weighted by molar-refractivity contribution is 0.0601. The third-order valence-electron chi connectivity index (χ3n) is 4.18. The maximum atomic E-state index is 11.6. The number of carbonyl (C=O) groups excluding carboxylic acids is 1. The Morgan fingerprint density at radius 3 is 2.54 bits per heavy atom. The van der Waals surface area contributed by atoms with Gasteiger partial charge in [-0.25, -0.2) is 4.79 Å². The van der Waals surface area contributed by atoms with Gasteiger partial charge < -0.3 is 9.30 Å². The Morgan fingerprint density at radius 1 is 1.12 bits per heavy atom. The first-order chi connectivity index (χ1) is 12.5. The summed E-state index contributed by atoms with van der Waals surface area (Å²) in [5.41, 5.74) is 5.65. The van der Waals surface area contributed by atoms with Crippen molar-refractivity contribution in [1.82, 2.24) is 4.57 Å². The van der Waals surface area contributed by atoms with Gasteiger partial charge in [0.1, 0.15) is 0 Å². The van der Waals surface area contributed by atoms with Gasteiger partial charge in [-0.15, -0.1) is 0 Å². The van der Waals surface area contributed by atoms with Crippen molar-refractivity contribution in [2.24, 2.45) is 4.99 Å². The summed E-state index contributed by atoms with van der Waals surface area (Å²) in [6.45, 7) is 4.16. The molecule has 3 rings (SSSR count). The Balaban J connectivity index is 1.92. The highest BCUT2D eigenvalue weighted by molar-refractivity contribution is 14.1. The van der Waals surface area contributed by atoms with Crippen LogP contribution in [0.5, 0.6) is 0 Å². The van der Waals surface area contributed by atoms with E-state index < -0.39 is 0 Å². The Bertz CT molecular complexity index is 972. The minimum Gasteiger partial charge on any atom is -0.465 e. The van der Waals surface area contributed by atoms with Crippen molar-refractivity contribution in [3.8, 4) is 5.69 Å². The van der Waals surface area contributed by atoms with E-state index in [1.807, 2.05) is 12.3 Å². The van der Waals surface area contributed by atoms with Gasteiger partial charge in [0.05, 0.1) is 18.4 Å². The van der Waals surface area contributed by atoms with Crippen LogP contribution < -0.4 is 0 Å². The molecule has 26 heavy (non-hydrogen) atoms. The van der Waals surface area contributed by atoms with Gasteiger partial charge in [0.2, 0.25) is 0 Å². The molecule has 0 atom stereocenters. The lowest BCUT2D eigenvalue weighted by atomic mass is 10.2. The van der Waals surface area contributed by atoms with Crippen LogP contribution in [0.25, 0.3) is 5.69 Å². The lowest BCUT2D eigenvalue weighted by Gasteiger charge is -2.09. The summed E-state index contributed by atoms with van der Waals surface area (Å²) in [5, 5.41) is 0. The predicted molar refractivity (Wildman–Crippen MR) is 113 cm³/mol. The number of aromatic nitrogens is 1. The van der Waals surface area contributed by atoms with E-state index in [0.29, 0.717) is 11.3 Å². The molecule has 0 saturated heterocycles. The first kappa shape index (κ1) is 18.4. The quantitative estimate of drug-likeness (QED) is 0.305. The Hall–Kier alpha value is -2.41. The third-order valence-corrected chi connectivity index (χ3v) is 4.89. The summed E-state index contributed by atoms with van der Waals surface area (Å²) in [5.74, 6) is -0.362. The fourth-order valence-electron chi connectivity index (χ4n) is 2.88. The minimum atomic E-state index is -0.362. The molecule has 0 aliphatic heterocycles. The summed E-state index contributed by atoms with van der Waals surface area (Å²) in [7, 11) is 1.37. The highest BCUT2D eigenvalue weighted by atomic mass is 127. The van der Waals surface area contributed by atoms with E-state index in [1.54, 1.807) is 18.2 Å². The number of esters is 1. The van der Waals surface area contributed by atoms with Crippen molar-refractivity contribution in [2.75, 3.05) is 7.11 Å². The second kappa shape index (κ2) is 7.86. The highest BCUT2D eigenvalue weighted by Crippen LogP contribution is 2.22. The summed E-state index contributed by atoms with van der Waals surface area (Å²) in [4.78, 5) is 16.2. The van der Waals surface area contributed by atoms with Crippen LogP contribution in [-0.4, -0.2) is 23.9 Å². The van der Waals surface area contributed by atoms with Crippen LogP contribution in [0, 0.1) is 17.4 Å². The van der Waals surface area contributed by atoms with E-state index >= 15 is 0 Å². The minimum absolute atomic E-state index is 0.362. The smallest absolute Gasteiger partial charge is 0.337 e. The van der Waals surface area contributed by atoms with Gasteiger partial charge in [0.15, 0.2) is 0 Å². The molecule has 0 fully saturated rings. The number of aryl methyl sites for hydroxylation is 1. The second-order valence-corrected chi connectivity index (χ2v) is 7.18. The van der Waals surface area contributed by atoms with Crippen LogP contribution >= 0.6 is 22.6 Å². The molecule has 0 bridgehead atoms. The molecule has 5 heteroatoms. The fourth-order valence-corrected chi connectivity index (χ4v) is 3.24. The molecular formula is C21H19IN2O2. The van der Waals surface area contributed by atoms with Gasteiger partial charge in [-0.1, -0.05) is 6.07 Å². The maximum absolute atomic E-state index is 11.6. The highest BCUT2D eigenvalue weighted by Gasteiger charge is 2.10. The average Bonchev–Trinajstić information content (AvgIpc) is 2.94. The molecule has 1 aromatic heterocycles. The van der Waals surface area contributed by atoms with Crippen LogP contribution in [0.4, 0.5) is 5.69 Å². The van der Waals surface area contributed by atoms with Crippen LogP contribution in [0.3, 0.4) is 0 Å². The van der Waals surface area contributed by atoms with Crippen molar-refractivity contribution < 1.29 is 9.53 Å². The number of aliphatic imine (C=N–C) groups is 1. The molecule has 4 nitrogen and oxygen atoms in total. The molecule has 0 saturated carbocycles. The summed E-state index contributed by atoms with van der Waals surface area (Å²) in [6.07, 6.45) is 1.84. The lowest BCUT2D eigenvalue weighted by Crippen LogP contribution is -2.00. The molecule has 0 N–H and O–H groups in total. The standard InChI is InChI=1S/C21H19IN2O2/c1-14-11-17(15(2)24(14)20-9-7-18(22)8-10-20)13-23-19-6-4-5-16(12-19)21(25)26-3/h4-13H,1-3H3. The van der Waals surface area contributed by atoms with Gasteiger partial charge in [-0.3, -0.25) is 4.99 Å². The van der Waals surface area contributed by atoms with E-state index in [2.05, 4.69) is 76.3 Å². The van der Waals surface area contributed by atoms with Gasteiger partial charge in [-0.2, -0.15) is 0 Å². The van der Waals surface area contributed by atoms with Crippen LogP contribution in [0.1, 0.15) is 27.3 Å². The topological polar surface area (TPSA) is 43.6 Å². The number of hydrogen-bond acceptors (Lipinski definition) is 3. The molecule has 0 spiro atoms. The number of nitrogens with zero attached hydrogens (tertiary/aromatic N) is 2. The zero-order valence-electron chi connectivity index (χ0n) is 14.9. The molecular weight excluding hydrogens is 439 g/mol. The van der Waals surface area contributed by atoms with Crippen molar-refractivity contribution in [3.05, 3.63) is 80.7 Å². The Labute approximate surface area is 166 Å². The Morgan fingerprint density at radius 2 is 1.85 bits per heavy atom.